The van der Waals surface area contributed by atoms with Crippen LogP contribution in [0.2, 0.25) is 0 Å². The highest BCUT2D eigenvalue weighted by Gasteiger charge is 2.24. The summed E-state index contributed by atoms with van der Waals surface area (Å²) in [6.07, 6.45) is -0.665. The van der Waals surface area contributed by atoms with E-state index in [0.29, 0.717) is 11.3 Å². The SMILES string of the molecule is CC(=O)[C@@H](NC(=O)OC(C)(C)C)c1cccc(N[C@H](C(C)=O)c2ccccc2)c1. The molecule has 2 atom stereocenters. The Balaban J connectivity index is 2.24. The van der Waals surface area contributed by atoms with E-state index < -0.39 is 23.8 Å². The van der Waals surface area contributed by atoms with Crippen LogP contribution in [-0.2, 0) is 14.3 Å². The number of anilines is 1. The molecule has 0 radical (unpaired) electrons. The number of carbonyl (C=O) groups is 3. The van der Waals surface area contributed by atoms with Crippen molar-refractivity contribution in [1.29, 1.82) is 0 Å². The van der Waals surface area contributed by atoms with Crippen LogP contribution in [0.4, 0.5) is 10.5 Å². The lowest BCUT2D eigenvalue weighted by atomic mass is 10.0. The van der Waals surface area contributed by atoms with Crippen molar-refractivity contribution in [3.05, 3.63) is 65.7 Å². The molecule has 0 fully saturated rings. The van der Waals surface area contributed by atoms with Gasteiger partial charge in [0.2, 0.25) is 0 Å². The van der Waals surface area contributed by atoms with Gasteiger partial charge in [-0.25, -0.2) is 4.79 Å². The summed E-state index contributed by atoms with van der Waals surface area (Å²) in [4.78, 5) is 36.5. The minimum absolute atomic E-state index is 0.0309. The Kier molecular flexibility index (Phi) is 7.15. The van der Waals surface area contributed by atoms with E-state index in [4.69, 9.17) is 4.74 Å². The second-order valence-corrected chi connectivity index (χ2v) is 7.91. The number of nitrogens with one attached hydrogen (secondary N) is 2. The number of ketones is 2. The third-order valence-corrected chi connectivity index (χ3v) is 4.14. The van der Waals surface area contributed by atoms with Gasteiger partial charge in [-0.05, 0) is 57.9 Å². The average Bonchev–Trinajstić information content (AvgIpc) is 2.63. The quantitative estimate of drug-likeness (QED) is 0.715. The van der Waals surface area contributed by atoms with Crippen molar-refractivity contribution in [2.45, 2.75) is 52.3 Å². The van der Waals surface area contributed by atoms with Crippen LogP contribution in [0.25, 0.3) is 0 Å². The predicted octanol–water partition coefficient (Wildman–Crippen LogP) is 4.58. The summed E-state index contributed by atoms with van der Waals surface area (Å²) in [6, 6.07) is 15.1. The fourth-order valence-corrected chi connectivity index (χ4v) is 2.88. The van der Waals surface area contributed by atoms with Gasteiger partial charge in [-0.2, -0.15) is 0 Å². The molecule has 0 aliphatic heterocycles. The van der Waals surface area contributed by atoms with Crippen LogP contribution in [0, 0.1) is 0 Å². The van der Waals surface area contributed by atoms with Gasteiger partial charge in [0.15, 0.2) is 11.6 Å². The van der Waals surface area contributed by atoms with Gasteiger partial charge in [0.25, 0.3) is 0 Å². The van der Waals surface area contributed by atoms with E-state index in [1.165, 1.54) is 13.8 Å². The van der Waals surface area contributed by atoms with Crippen molar-refractivity contribution in [2.24, 2.45) is 0 Å². The standard InChI is InChI=1S/C23H28N2O4/c1-15(26)20(17-10-7-6-8-11-17)24-19-13-9-12-18(14-19)21(16(2)27)25-22(28)29-23(3,4)5/h6-14,20-21,24H,1-5H3,(H,25,28)/t20-,21-/m1/s1. The first kappa shape index (κ1) is 22.1. The maximum Gasteiger partial charge on any atom is 0.408 e. The zero-order chi connectivity index (χ0) is 21.6. The molecule has 0 spiro atoms. The van der Waals surface area contributed by atoms with Crippen molar-refractivity contribution in [1.82, 2.24) is 5.32 Å². The Hall–Kier alpha value is -3.15. The maximum absolute atomic E-state index is 12.2. The molecule has 0 bridgehead atoms. The van der Waals surface area contributed by atoms with Crippen molar-refractivity contribution in [2.75, 3.05) is 5.32 Å². The van der Waals surface area contributed by atoms with Gasteiger partial charge in [-0.1, -0.05) is 42.5 Å². The van der Waals surface area contributed by atoms with Gasteiger partial charge >= 0.3 is 6.09 Å². The summed E-state index contributed by atoms with van der Waals surface area (Å²) in [5.74, 6) is -0.254. The fraction of sp³-hybridized carbons (Fsp3) is 0.348. The molecule has 2 aromatic rings. The molecule has 2 N–H and O–H groups in total. The van der Waals surface area contributed by atoms with E-state index in [-0.39, 0.29) is 11.6 Å². The Labute approximate surface area is 171 Å². The Bertz CT molecular complexity index is 872. The van der Waals surface area contributed by atoms with E-state index in [2.05, 4.69) is 10.6 Å². The summed E-state index contributed by atoms with van der Waals surface area (Å²) in [5.41, 5.74) is 1.45. The third kappa shape index (κ3) is 6.75. The van der Waals surface area contributed by atoms with Crippen molar-refractivity contribution in [3.8, 4) is 0 Å². The number of benzene rings is 2. The maximum atomic E-state index is 12.2. The lowest BCUT2D eigenvalue weighted by Crippen LogP contribution is -2.37. The molecule has 0 unspecified atom stereocenters. The van der Waals surface area contributed by atoms with Gasteiger partial charge in [0, 0.05) is 5.69 Å². The number of amides is 1. The van der Waals surface area contributed by atoms with Crippen LogP contribution >= 0.6 is 0 Å². The summed E-state index contributed by atoms with van der Waals surface area (Å²) < 4.78 is 5.26. The highest BCUT2D eigenvalue weighted by Crippen LogP contribution is 2.24. The molecule has 0 saturated carbocycles. The van der Waals surface area contributed by atoms with Crippen molar-refractivity contribution in [3.63, 3.8) is 0 Å². The largest absolute Gasteiger partial charge is 0.444 e. The summed E-state index contributed by atoms with van der Waals surface area (Å²) >= 11 is 0. The van der Waals surface area contributed by atoms with Gasteiger partial charge in [0.1, 0.15) is 17.7 Å². The molecule has 2 aromatic carbocycles. The molecule has 6 heteroatoms. The lowest BCUT2D eigenvalue weighted by molar-refractivity contribution is -0.119. The molecule has 0 aromatic heterocycles. The normalized spacial score (nSPS) is 13.1. The molecular formula is C23H28N2O4. The van der Waals surface area contributed by atoms with Crippen molar-refractivity contribution < 1.29 is 19.1 Å². The lowest BCUT2D eigenvalue weighted by Gasteiger charge is -2.23. The molecule has 6 nitrogen and oxygen atoms in total. The number of rotatable bonds is 7. The molecule has 0 aliphatic carbocycles. The smallest absolute Gasteiger partial charge is 0.408 e. The molecule has 1 amide bonds. The molecule has 0 aliphatic rings. The molecule has 154 valence electrons. The fourth-order valence-electron chi connectivity index (χ4n) is 2.88. The number of hydrogen-bond acceptors (Lipinski definition) is 5. The van der Waals surface area contributed by atoms with Crippen molar-refractivity contribution >= 4 is 23.3 Å². The van der Waals surface area contributed by atoms with Gasteiger partial charge in [-0.3, -0.25) is 9.59 Å². The van der Waals surface area contributed by atoms with Gasteiger partial charge in [-0.15, -0.1) is 0 Å². The van der Waals surface area contributed by atoms with Crippen LogP contribution in [-0.4, -0.2) is 23.3 Å². The molecule has 0 saturated heterocycles. The minimum Gasteiger partial charge on any atom is -0.444 e. The van der Waals surface area contributed by atoms with E-state index >= 15 is 0 Å². The Morgan fingerprint density at radius 3 is 1.97 bits per heavy atom. The summed E-state index contributed by atoms with van der Waals surface area (Å²) in [7, 11) is 0. The van der Waals surface area contributed by atoms with Gasteiger partial charge < -0.3 is 15.4 Å². The molecule has 29 heavy (non-hydrogen) atoms. The van der Waals surface area contributed by atoms with Gasteiger partial charge in [0.05, 0.1) is 0 Å². The third-order valence-electron chi connectivity index (χ3n) is 4.14. The predicted molar refractivity (Wildman–Crippen MR) is 113 cm³/mol. The van der Waals surface area contributed by atoms with Crippen LogP contribution in [0.5, 0.6) is 0 Å². The zero-order valence-corrected chi connectivity index (χ0v) is 17.5. The number of ether oxygens (including phenoxy) is 1. The second-order valence-electron chi connectivity index (χ2n) is 7.91. The van der Waals surface area contributed by atoms with Crippen LogP contribution in [0.3, 0.4) is 0 Å². The number of hydrogen-bond donors (Lipinski definition) is 2. The number of Topliss-reactive ketones (excluding diaryl/α,β-unsaturated/α-hetero) is 2. The zero-order valence-electron chi connectivity index (χ0n) is 17.5. The second kappa shape index (κ2) is 9.37. The summed E-state index contributed by atoms with van der Waals surface area (Å²) in [6.45, 7) is 8.20. The van der Waals surface area contributed by atoms with Crippen LogP contribution in [0.15, 0.2) is 54.6 Å². The van der Waals surface area contributed by atoms with E-state index in [1.54, 1.807) is 39.0 Å². The Morgan fingerprint density at radius 2 is 1.41 bits per heavy atom. The molecular weight excluding hydrogens is 368 g/mol. The number of alkyl carbamates (subject to hydrolysis) is 1. The average molecular weight is 396 g/mol. The topological polar surface area (TPSA) is 84.5 Å². The van der Waals surface area contributed by atoms with E-state index in [9.17, 15) is 14.4 Å². The van der Waals surface area contributed by atoms with Crippen LogP contribution < -0.4 is 10.6 Å². The monoisotopic (exact) mass is 396 g/mol. The Morgan fingerprint density at radius 1 is 0.828 bits per heavy atom. The highest BCUT2D eigenvalue weighted by atomic mass is 16.6. The molecule has 2 rings (SSSR count). The highest BCUT2D eigenvalue weighted by molar-refractivity contribution is 5.88. The van der Waals surface area contributed by atoms with E-state index in [0.717, 1.165) is 5.56 Å². The minimum atomic E-state index is -0.848. The first-order valence-electron chi connectivity index (χ1n) is 9.48. The first-order valence-corrected chi connectivity index (χ1v) is 9.48. The number of carbonyl (C=O) groups excluding carboxylic acids is 3. The summed E-state index contributed by atoms with van der Waals surface area (Å²) in [5, 5.41) is 5.83. The molecule has 0 heterocycles. The first-order chi connectivity index (χ1) is 13.6. The van der Waals surface area contributed by atoms with Crippen LogP contribution in [0.1, 0.15) is 57.8 Å². The van der Waals surface area contributed by atoms with E-state index in [1.807, 2.05) is 36.4 Å².